The van der Waals surface area contributed by atoms with Crippen LogP contribution in [0.4, 0.5) is 10.1 Å². The molecule has 2 heterocycles. The first kappa shape index (κ1) is 18.2. The number of anilines is 1. The maximum Gasteiger partial charge on any atom is 0.230 e. The van der Waals surface area contributed by atoms with Gasteiger partial charge in [0.05, 0.1) is 13.3 Å². The maximum absolute atomic E-state index is 14.3. The van der Waals surface area contributed by atoms with Crippen molar-refractivity contribution in [3.63, 3.8) is 0 Å². The van der Waals surface area contributed by atoms with Crippen molar-refractivity contribution in [2.24, 2.45) is 5.92 Å². The van der Waals surface area contributed by atoms with Gasteiger partial charge >= 0.3 is 0 Å². The number of benzene rings is 2. The molecule has 1 saturated heterocycles. The second-order valence-electron chi connectivity index (χ2n) is 7.12. The molecule has 144 valence electrons. The molecule has 0 radical (unpaired) electrons. The van der Waals surface area contributed by atoms with E-state index in [9.17, 15) is 9.18 Å². The third-order valence-corrected chi connectivity index (χ3v) is 5.37. The molecule has 6 heteroatoms. The summed E-state index contributed by atoms with van der Waals surface area (Å²) in [4.78, 5) is 14.7. The first-order valence-electron chi connectivity index (χ1n) is 9.30. The van der Waals surface area contributed by atoms with E-state index in [0.717, 1.165) is 22.4 Å². The Bertz CT molecular complexity index is 1000. The number of H-pyrrole nitrogens is 1. The van der Waals surface area contributed by atoms with Gasteiger partial charge in [-0.1, -0.05) is 12.1 Å². The number of hydrogen-bond donors (Lipinski definition) is 1. The van der Waals surface area contributed by atoms with Crippen LogP contribution >= 0.6 is 0 Å². The van der Waals surface area contributed by atoms with E-state index in [0.29, 0.717) is 30.7 Å². The van der Waals surface area contributed by atoms with E-state index in [2.05, 4.69) is 10.2 Å². The number of aromatic amines is 1. The Morgan fingerprint density at radius 1 is 1.29 bits per heavy atom. The zero-order chi connectivity index (χ0) is 19.7. The molecule has 1 fully saturated rings. The van der Waals surface area contributed by atoms with E-state index in [4.69, 9.17) is 4.74 Å². The predicted octanol–water partition coefficient (Wildman–Crippen LogP) is 4.13. The molecule has 1 aromatic heterocycles. The highest BCUT2D eigenvalue weighted by atomic mass is 19.1. The van der Waals surface area contributed by atoms with Gasteiger partial charge < -0.3 is 9.64 Å². The molecule has 1 unspecified atom stereocenters. The highest BCUT2D eigenvalue weighted by Gasteiger charge is 2.33. The number of amides is 1. The molecular weight excluding hydrogens is 357 g/mol. The van der Waals surface area contributed by atoms with E-state index in [-0.39, 0.29) is 17.6 Å². The zero-order valence-corrected chi connectivity index (χ0v) is 15.9. The van der Waals surface area contributed by atoms with Gasteiger partial charge in [0.1, 0.15) is 11.6 Å². The van der Waals surface area contributed by atoms with Crippen LogP contribution in [0.3, 0.4) is 0 Å². The van der Waals surface area contributed by atoms with Gasteiger partial charge in [-0.15, -0.1) is 0 Å². The van der Waals surface area contributed by atoms with Gasteiger partial charge in [-0.3, -0.25) is 9.89 Å². The van der Waals surface area contributed by atoms with Crippen molar-refractivity contribution in [1.29, 1.82) is 0 Å². The van der Waals surface area contributed by atoms with E-state index >= 15 is 0 Å². The molecule has 0 spiro atoms. The molecule has 1 aliphatic rings. The first-order chi connectivity index (χ1) is 13.6. The number of carbonyl (C=O) groups is 1. The van der Waals surface area contributed by atoms with Crippen LogP contribution in [0.25, 0.3) is 11.1 Å². The molecule has 2 aromatic carbocycles. The summed E-state index contributed by atoms with van der Waals surface area (Å²) in [5, 5.41) is 6.81. The lowest BCUT2D eigenvalue weighted by molar-refractivity contribution is -0.120. The van der Waals surface area contributed by atoms with Gasteiger partial charge in [0, 0.05) is 36.0 Å². The summed E-state index contributed by atoms with van der Waals surface area (Å²) < 4.78 is 19.3. The summed E-state index contributed by atoms with van der Waals surface area (Å²) in [6.45, 7) is 2.67. The highest BCUT2D eigenvalue weighted by Crippen LogP contribution is 2.32. The molecule has 28 heavy (non-hydrogen) atoms. The number of halogens is 1. The third kappa shape index (κ3) is 3.38. The van der Waals surface area contributed by atoms with Crippen molar-refractivity contribution in [3.8, 4) is 16.9 Å². The number of nitrogens with zero attached hydrogens (tertiary/aromatic N) is 2. The minimum Gasteiger partial charge on any atom is -0.497 e. The Hall–Kier alpha value is -3.15. The number of ether oxygens (including phenoxy) is 1. The van der Waals surface area contributed by atoms with Crippen LogP contribution in [0.5, 0.6) is 5.75 Å². The summed E-state index contributed by atoms with van der Waals surface area (Å²) in [6.07, 6.45) is 4.75. The van der Waals surface area contributed by atoms with E-state index in [1.165, 1.54) is 13.2 Å². The summed E-state index contributed by atoms with van der Waals surface area (Å²) >= 11 is 0. The number of aromatic nitrogens is 2. The van der Waals surface area contributed by atoms with Gasteiger partial charge in [0.15, 0.2) is 0 Å². The van der Waals surface area contributed by atoms with Crippen LogP contribution in [-0.2, 0) is 11.2 Å². The Morgan fingerprint density at radius 2 is 2.14 bits per heavy atom. The van der Waals surface area contributed by atoms with Crippen molar-refractivity contribution in [2.75, 3.05) is 18.6 Å². The number of methoxy groups -OCH3 is 1. The number of carbonyl (C=O) groups excluding carboxylic acids is 1. The highest BCUT2D eigenvalue weighted by molar-refractivity contribution is 5.97. The fourth-order valence-corrected chi connectivity index (χ4v) is 3.81. The van der Waals surface area contributed by atoms with Gasteiger partial charge in [0.2, 0.25) is 5.91 Å². The van der Waals surface area contributed by atoms with E-state index < -0.39 is 0 Å². The van der Waals surface area contributed by atoms with Crippen molar-refractivity contribution in [3.05, 3.63) is 65.7 Å². The quantitative estimate of drug-likeness (QED) is 0.725. The lowest BCUT2D eigenvalue weighted by Gasteiger charge is -2.19. The van der Waals surface area contributed by atoms with Crippen molar-refractivity contribution >= 4 is 11.6 Å². The molecule has 0 aliphatic carbocycles. The van der Waals surface area contributed by atoms with E-state index in [1.807, 2.05) is 31.3 Å². The molecule has 1 amide bonds. The van der Waals surface area contributed by atoms with Gasteiger partial charge in [-0.25, -0.2) is 4.39 Å². The van der Waals surface area contributed by atoms with Crippen molar-refractivity contribution in [1.82, 2.24) is 10.2 Å². The molecule has 3 aromatic rings. The maximum atomic E-state index is 14.3. The largest absolute Gasteiger partial charge is 0.497 e. The molecule has 0 saturated carbocycles. The van der Waals surface area contributed by atoms with Crippen LogP contribution in [0, 0.1) is 18.7 Å². The number of aryl methyl sites for hydroxylation is 1. The average Bonchev–Trinajstić information content (AvgIpc) is 3.34. The van der Waals surface area contributed by atoms with Gasteiger partial charge in [0.25, 0.3) is 0 Å². The molecule has 1 aliphatic heterocycles. The Labute approximate surface area is 163 Å². The number of rotatable bonds is 5. The van der Waals surface area contributed by atoms with Crippen LogP contribution in [0.1, 0.15) is 17.5 Å². The Balaban J connectivity index is 1.51. The summed E-state index contributed by atoms with van der Waals surface area (Å²) in [5.41, 5.74) is 4.61. The SMILES string of the molecule is COc1ccc(CC2CCN(c3ccc(-c4cn[nH]c4)c(C)c3)C2=O)c(F)c1. The number of hydrogen-bond acceptors (Lipinski definition) is 3. The number of nitrogens with one attached hydrogen (secondary N) is 1. The molecule has 4 rings (SSSR count). The zero-order valence-electron chi connectivity index (χ0n) is 15.9. The molecule has 0 bridgehead atoms. The smallest absolute Gasteiger partial charge is 0.230 e. The predicted molar refractivity (Wildman–Crippen MR) is 106 cm³/mol. The lowest BCUT2D eigenvalue weighted by atomic mass is 9.97. The van der Waals surface area contributed by atoms with Crippen molar-refractivity contribution in [2.45, 2.75) is 19.8 Å². The minimum atomic E-state index is -0.328. The van der Waals surface area contributed by atoms with Crippen molar-refractivity contribution < 1.29 is 13.9 Å². The minimum absolute atomic E-state index is 0.0469. The molecule has 1 atom stereocenters. The Morgan fingerprint density at radius 3 is 2.82 bits per heavy atom. The molecular formula is C22H22FN3O2. The van der Waals surface area contributed by atoms with Crippen LogP contribution in [0.15, 0.2) is 48.8 Å². The fourth-order valence-electron chi connectivity index (χ4n) is 3.81. The topological polar surface area (TPSA) is 58.2 Å². The van der Waals surface area contributed by atoms with Crippen LogP contribution < -0.4 is 9.64 Å². The van der Waals surface area contributed by atoms with Crippen LogP contribution in [0.2, 0.25) is 0 Å². The average molecular weight is 379 g/mol. The lowest BCUT2D eigenvalue weighted by Crippen LogP contribution is -2.27. The second-order valence-corrected chi connectivity index (χ2v) is 7.12. The normalized spacial score (nSPS) is 16.6. The van der Waals surface area contributed by atoms with Crippen LogP contribution in [-0.4, -0.2) is 29.8 Å². The third-order valence-electron chi connectivity index (χ3n) is 5.37. The second kappa shape index (κ2) is 7.46. The van der Waals surface area contributed by atoms with E-state index in [1.54, 1.807) is 23.2 Å². The monoisotopic (exact) mass is 379 g/mol. The molecule has 1 N–H and O–H groups in total. The van der Waals surface area contributed by atoms with Gasteiger partial charge in [-0.2, -0.15) is 5.10 Å². The standard InChI is InChI=1S/C22H22FN3O2/c1-14-9-18(4-6-20(14)17-12-24-25-13-17)26-8-7-16(22(26)27)10-15-3-5-19(28-2)11-21(15)23/h3-6,9,11-13,16H,7-8,10H2,1-2H3,(H,24,25). The molecule has 5 nitrogen and oxygen atoms in total. The van der Waals surface area contributed by atoms with Gasteiger partial charge in [-0.05, 0) is 54.7 Å². The fraction of sp³-hybridized carbons (Fsp3) is 0.273. The Kier molecular flexibility index (Phi) is 4.86. The summed E-state index contributed by atoms with van der Waals surface area (Å²) in [6, 6.07) is 10.8. The summed E-state index contributed by atoms with van der Waals surface area (Å²) in [7, 11) is 1.51. The summed E-state index contributed by atoms with van der Waals surface area (Å²) in [5.74, 6) is -0.0119. The first-order valence-corrected chi connectivity index (χ1v) is 9.30.